The number of rotatable bonds is 5. The number of aromatic nitrogens is 4. The van der Waals surface area contributed by atoms with Gasteiger partial charge in [0.1, 0.15) is 0 Å². The standard InChI is InChI=1S/C20H23N5OS/c1-12-10-14(3)18(15(4)11-12)21-19(26)16(5)27-20-22-23-24-25(20)17-9-7-6-8-13(17)2/h6-11,16H,1-5H3,(H,21,26)/t16-/m1/s1. The van der Waals surface area contributed by atoms with Gasteiger partial charge in [-0.25, -0.2) is 0 Å². The molecule has 1 aromatic heterocycles. The van der Waals surface area contributed by atoms with Gasteiger partial charge in [-0.3, -0.25) is 4.79 Å². The predicted octanol–water partition coefficient (Wildman–Crippen LogP) is 4.02. The highest BCUT2D eigenvalue weighted by Gasteiger charge is 2.21. The first-order valence-electron chi connectivity index (χ1n) is 8.76. The van der Waals surface area contributed by atoms with Gasteiger partial charge in [-0.1, -0.05) is 47.7 Å². The van der Waals surface area contributed by atoms with E-state index in [9.17, 15) is 4.79 Å². The lowest BCUT2D eigenvalue weighted by Crippen LogP contribution is -2.24. The number of thioether (sulfide) groups is 1. The van der Waals surface area contributed by atoms with Crippen LogP contribution in [0.1, 0.15) is 29.2 Å². The number of anilines is 1. The Bertz CT molecular complexity index is 959. The van der Waals surface area contributed by atoms with Crippen LogP contribution in [0.3, 0.4) is 0 Å². The highest BCUT2D eigenvalue weighted by atomic mass is 32.2. The van der Waals surface area contributed by atoms with Crippen molar-refractivity contribution >= 4 is 23.4 Å². The molecule has 0 saturated heterocycles. The molecule has 6 nitrogen and oxygen atoms in total. The summed E-state index contributed by atoms with van der Waals surface area (Å²) in [6, 6.07) is 12.0. The Balaban J connectivity index is 1.77. The van der Waals surface area contributed by atoms with Crippen LogP contribution in [0.2, 0.25) is 0 Å². The van der Waals surface area contributed by atoms with Crippen molar-refractivity contribution in [2.24, 2.45) is 0 Å². The van der Waals surface area contributed by atoms with Crippen molar-refractivity contribution in [1.82, 2.24) is 20.2 Å². The number of nitrogens with one attached hydrogen (secondary N) is 1. The Kier molecular flexibility index (Phi) is 5.60. The van der Waals surface area contributed by atoms with Crippen LogP contribution >= 0.6 is 11.8 Å². The van der Waals surface area contributed by atoms with Gasteiger partial charge < -0.3 is 5.32 Å². The lowest BCUT2D eigenvalue weighted by atomic mass is 10.1. The molecule has 0 aliphatic carbocycles. The fraction of sp³-hybridized carbons (Fsp3) is 0.300. The average molecular weight is 382 g/mol. The van der Waals surface area contributed by atoms with Gasteiger partial charge in [-0.15, -0.1) is 5.10 Å². The summed E-state index contributed by atoms with van der Waals surface area (Å²) in [7, 11) is 0. The molecular formula is C20H23N5OS. The Labute approximate surface area is 163 Å². The molecule has 7 heteroatoms. The summed E-state index contributed by atoms with van der Waals surface area (Å²) < 4.78 is 1.67. The van der Waals surface area contributed by atoms with Gasteiger partial charge in [0.25, 0.3) is 0 Å². The quantitative estimate of drug-likeness (QED) is 0.676. The SMILES string of the molecule is Cc1cc(C)c(NC(=O)[C@@H](C)Sc2nnnn2-c2ccccc2C)c(C)c1. The van der Waals surface area contributed by atoms with E-state index in [2.05, 4.69) is 39.9 Å². The normalized spacial score (nSPS) is 12.0. The largest absolute Gasteiger partial charge is 0.325 e. The van der Waals surface area contributed by atoms with Gasteiger partial charge in [0.2, 0.25) is 11.1 Å². The van der Waals surface area contributed by atoms with Crippen molar-refractivity contribution in [2.75, 3.05) is 5.32 Å². The second-order valence-corrected chi connectivity index (χ2v) is 7.99. The van der Waals surface area contributed by atoms with E-state index in [-0.39, 0.29) is 11.2 Å². The maximum atomic E-state index is 12.7. The van der Waals surface area contributed by atoms with E-state index < -0.39 is 0 Å². The molecule has 0 spiro atoms. The third-order valence-corrected chi connectivity index (χ3v) is 5.39. The number of nitrogens with zero attached hydrogens (tertiary/aromatic N) is 4. The predicted molar refractivity (Wildman–Crippen MR) is 108 cm³/mol. The van der Waals surface area contributed by atoms with E-state index in [0.29, 0.717) is 5.16 Å². The molecule has 1 N–H and O–H groups in total. The minimum atomic E-state index is -0.348. The number of tetrazole rings is 1. The first-order chi connectivity index (χ1) is 12.9. The lowest BCUT2D eigenvalue weighted by molar-refractivity contribution is -0.115. The molecule has 3 aromatic rings. The molecule has 0 fully saturated rings. The summed E-state index contributed by atoms with van der Waals surface area (Å²) in [5.74, 6) is -0.0746. The molecule has 27 heavy (non-hydrogen) atoms. The molecule has 0 unspecified atom stereocenters. The zero-order valence-electron chi connectivity index (χ0n) is 16.1. The van der Waals surface area contributed by atoms with E-state index >= 15 is 0 Å². The van der Waals surface area contributed by atoms with Crippen molar-refractivity contribution in [2.45, 2.75) is 45.0 Å². The zero-order chi connectivity index (χ0) is 19.6. The smallest absolute Gasteiger partial charge is 0.237 e. The molecule has 2 aromatic carbocycles. The molecular weight excluding hydrogens is 358 g/mol. The highest BCUT2D eigenvalue weighted by Crippen LogP contribution is 2.27. The molecule has 1 atom stereocenters. The van der Waals surface area contributed by atoms with Crippen LogP contribution in [0.5, 0.6) is 0 Å². The van der Waals surface area contributed by atoms with Crippen LogP contribution in [0.25, 0.3) is 5.69 Å². The molecule has 0 saturated carbocycles. The van der Waals surface area contributed by atoms with Gasteiger partial charge in [0.15, 0.2) is 0 Å². The number of aryl methyl sites for hydroxylation is 4. The van der Waals surface area contributed by atoms with E-state index in [1.807, 2.05) is 52.0 Å². The summed E-state index contributed by atoms with van der Waals surface area (Å²) in [6.45, 7) is 9.92. The highest BCUT2D eigenvalue weighted by molar-refractivity contribution is 8.00. The Morgan fingerprint density at radius 3 is 2.41 bits per heavy atom. The van der Waals surface area contributed by atoms with Crippen molar-refractivity contribution in [1.29, 1.82) is 0 Å². The Hall–Kier alpha value is -2.67. The third kappa shape index (κ3) is 4.19. The molecule has 3 rings (SSSR count). The summed E-state index contributed by atoms with van der Waals surface area (Å²) >= 11 is 1.34. The number of carbonyl (C=O) groups excluding carboxylic acids is 1. The number of carbonyl (C=O) groups is 1. The van der Waals surface area contributed by atoms with Gasteiger partial charge in [0, 0.05) is 5.69 Å². The molecule has 0 bridgehead atoms. The van der Waals surface area contributed by atoms with E-state index in [0.717, 1.165) is 28.1 Å². The van der Waals surface area contributed by atoms with E-state index in [1.54, 1.807) is 4.68 Å². The van der Waals surface area contributed by atoms with Crippen molar-refractivity contribution < 1.29 is 4.79 Å². The van der Waals surface area contributed by atoms with Crippen LogP contribution < -0.4 is 5.32 Å². The van der Waals surface area contributed by atoms with Crippen LogP contribution in [0.15, 0.2) is 41.6 Å². The third-order valence-electron chi connectivity index (χ3n) is 4.36. The van der Waals surface area contributed by atoms with Gasteiger partial charge >= 0.3 is 0 Å². The summed E-state index contributed by atoms with van der Waals surface area (Å²) in [4.78, 5) is 12.7. The van der Waals surface area contributed by atoms with Gasteiger partial charge in [-0.2, -0.15) is 4.68 Å². The first-order valence-corrected chi connectivity index (χ1v) is 9.64. The molecule has 0 radical (unpaired) electrons. The van der Waals surface area contributed by atoms with Crippen molar-refractivity contribution in [3.05, 3.63) is 58.7 Å². The molecule has 1 amide bonds. The lowest BCUT2D eigenvalue weighted by Gasteiger charge is -2.16. The molecule has 140 valence electrons. The summed E-state index contributed by atoms with van der Waals surface area (Å²) in [5.41, 5.74) is 6.14. The number of amides is 1. The minimum absolute atomic E-state index is 0.0746. The van der Waals surface area contributed by atoms with E-state index in [1.165, 1.54) is 17.3 Å². The molecule has 0 aliphatic rings. The summed E-state index contributed by atoms with van der Waals surface area (Å²) in [6.07, 6.45) is 0. The first kappa shape index (κ1) is 19.1. The van der Waals surface area contributed by atoms with Crippen LogP contribution in [0.4, 0.5) is 5.69 Å². The number of para-hydroxylation sites is 1. The summed E-state index contributed by atoms with van der Waals surface area (Å²) in [5, 5.41) is 15.3. The number of hydrogen-bond acceptors (Lipinski definition) is 5. The Morgan fingerprint density at radius 2 is 1.74 bits per heavy atom. The van der Waals surface area contributed by atoms with Crippen LogP contribution in [-0.4, -0.2) is 31.4 Å². The number of benzene rings is 2. The maximum Gasteiger partial charge on any atom is 0.237 e. The van der Waals surface area contributed by atoms with Gasteiger partial charge in [0.05, 0.1) is 10.9 Å². The average Bonchev–Trinajstić information content (AvgIpc) is 3.06. The number of hydrogen-bond donors (Lipinski definition) is 1. The minimum Gasteiger partial charge on any atom is -0.325 e. The zero-order valence-corrected chi connectivity index (χ0v) is 17.0. The Morgan fingerprint density at radius 1 is 1.07 bits per heavy atom. The molecule has 1 heterocycles. The van der Waals surface area contributed by atoms with E-state index in [4.69, 9.17) is 0 Å². The fourth-order valence-electron chi connectivity index (χ4n) is 3.02. The topological polar surface area (TPSA) is 72.7 Å². The maximum absolute atomic E-state index is 12.7. The van der Waals surface area contributed by atoms with Crippen molar-refractivity contribution in [3.63, 3.8) is 0 Å². The monoisotopic (exact) mass is 381 g/mol. The van der Waals surface area contributed by atoms with Crippen LogP contribution in [0, 0.1) is 27.7 Å². The second-order valence-electron chi connectivity index (χ2n) is 6.68. The van der Waals surface area contributed by atoms with Crippen LogP contribution in [-0.2, 0) is 4.79 Å². The second kappa shape index (κ2) is 7.92. The van der Waals surface area contributed by atoms with Gasteiger partial charge in [-0.05, 0) is 67.8 Å². The van der Waals surface area contributed by atoms with Crippen molar-refractivity contribution in [3.8, 4) is 5.69 Å². The fourth-order valence-corrected chi connectivity index (χ4v) is 3.82. The molecule has 0 aliphatic heterocycles.